The largest absolute Gasteiger partial charge is 0.473 e. The fourth-order valence-corrected chi connectivity index (χ4v) is 4.60. The highest BCUT2D eigenvalue weighted by atomic mass is 35.5. The molecule has 1 aromatic heterocycles. The van der Waals surface area contributed by atoms with Crippen LogP contribution in [0.5, 0.6) is 17.4 Å². The molecule has 0 radical (unpaired) electrons. The van der Waals surface area contributed by atoms with Gasteiger partial charge in [0.1, 0.15) is 18.2 Å². The van der Waals surface area contributed by atoms with Crippen LogP contribution in [0.3, 0.4) is 0 Å². The monoisotopic (exact) mass is 543 g/mol. The van der Waals surface area contributed by atoms with E-state index in [2.05, 4.69) is 9.88 Å². The molecule has 2 aliphatic heterocycles. The van der Waals surface area contributed by atoms with Crippen LogP contribution in [0.15, 0.2) is 41.2 Å². The molecule has 196 valence electrons. The summed E-state index contributed by atoms with van der Waals surface area (Å²) in [5, 5.41) is -0.673. The molecule has 3 aromatic rings. The molecule has 1 saturated heterocycles. The van der Waals surface area contributed by atoms with Gasteiger partial charge in [0, 0.05) is 25.2 Å². The summed E-state index contributed by atoms with van der Waals surface area (Å²) in [6.07, 6.45) is -3.93. The third-order valence-corrected chi connectivity index (χ3v) is 6.40. The molecule has 2 aromatic carbocycles. The molecule has 0 aliphatic carbocycles. The Morgan fingerprint density at radius 1 is 1.11 bits per heavy atom. The van der Waals surface area contributed by atoms with E-state index in [4.69, 9.17) is 25.8 Å². The number of rotatable bonds is 5. The molecular formula is C24H19ClF5N3O4. The Kier molecular flexibility index (Phi) is 6.71. The first-order chi connectivity index (χ1) is 17.6. The van der Waals surface area contributed by atoms with Crippen molar-refractivity contribution >= 4 is 17.4 Å². The van der Waals surface area contributed by atoms with E-state index in [0.29, 0.717) is 38.2 Å². The van der Waals surface area contributed by atoms with Crippen molar-refractivity contribution in [3.05, 3.63) is 74.7 Å². The Balaban J connectivity index is 1.32. The summed E-state index contributed by atoms with van der Waals surface area (Å²) >= 11 is 5.63. The summed E-state index contributed by atoms with van der Waals surface area (Å²) in [5.41, 5.74) is -1.51. The molecule has 13 heteroatoms. The maximum absolute atomic E-state index is 14.6. The number of nitrogens with zero attached hydrogens (tertiary/aromatic N) is 3. The maximum Gasteiger partial charge on any atom is 0.417 e. The van der Waals surface area contributed by atoms with E-state index >= 15 is 0 Å². The lowest BCUT2D eigenvalue weighted by atomic mass is 10.1. The summed E-state index contributed by atoms with van der Waals surface area (Å²) in [6.45, 7) is 1.87. The predicted octanol–water partition coefficient (Wildman–Crippen LogP) is 5.17. The number of alkyl halides is 3. The molecule has 2 aliphatic rings. The van der Waals surface area contributed by atoms with Crippen LogP contribution in [-0.2, 0) is 24.1 Å². The number of anilines is 1. The quantitative estimate of drug-likeness (QED) is 0.414. The molecule has 3 heterocycles. The van der Waals surface area contributed by atoms with Gasteiger partial charge in [0.2, 0.25) is 5.88 Å². The van der Waals surface area contributed by atoms with Crippen LogP contribution in [0.2, 0.25) is 5.02 Å². The number of aromatic nitrogens is 2. The number of hydrogen-bond acceptors (Lipinski definition) is 6. The average Bonchev–Trinajstić information content (AvgIpc) is 2.84. The fraction of sp³-hybridized carbons (Fsp3) is 0.333. The smallest absolute Gasteiger partial charge is 0.417 e. The van der Waals surface area contributed by atoms with Gasteiger partial charge in [0.05, 0.1) is 29.8 Å². The van der Waals surface area contributed by atoms with Crippen molar-refractivity contribution in [1.29, 1.82) is 0 Å². The lowest BCUT2D eigenvalue weighted by Crippen LogP contribution is -2.51. The van der Waals surface area contributed by atoms with Crippen molar-refractivity contribution < 1.29 is 36.2 Å². The minimum Gasteiger partial charge on any atom is -0.473 e. The van der Waals surface area contributed by atoms with Crippen molar-refractivity contribution in [2.24, 2.45) is 0 Å². The molecule has 0 N–H and O–H groups in total. The van der Waals surface area contributed by atoms with E-state index < -0.39 is 39.8 Å². The number of halogens is 6. The normalized spacial score (nSPS) is 17.2. The molecular weight excluding hydrogens is 525 g/mol. The van der Waals surface area contributed by atoms with E-state index in [1.807, 2.05) is 0 Å². The van der Waals surface area contributed by atoms with Crippen LogP contribution in [0, 0.1) is 11.6 Å². The third kappa shape index (κ3) is 5.21. The predicted molar refractivity (Wildman–Crippen MR) is 122 cm³/mol. The van der Waals surface area contributed by atoms with Crippen molar-refractivity contribution in [2.75, 3.05) is 24.7 Å². The van der Waals surface area contributed by atoms with E-state index in [9.17, 15) is 26.7 Å². The van der Waals surface area contributed by atoms with Crippen molar-refractivity contribution in [1.82, 2.24) is 9.55 Å². The van der Waals surface area contributed by atoms with Gasteiger partial charge in [-0.3, -0.25) is 4.57 Å². The zero-order valence-electron chi connectivity index (χ0n) is 19.0. The van der Waals surface area contributed by atoms with Gasteiger partial charge in [-0.15, -0.1) is 0 Å². The van der Waals surface area contributed by atoms with Crippen molar-refractivity contribution in [3.8, 4) is 17.4 Å². The van der Waals surface area contributed by atoms with Crippen LogP contribution in [0.1, 0.15) is 17.5 Å². The molecule has 1 atom stereocenters. The molecule has 1 fully saturated rings. The highest BCUT2D eigenvalue weighted by Gasteiger charge is 2.33. The lowest BCUT2D eigenvalue weighted by Gasteiger charge is -2.41. The maximum atomic E-state index is 14.6. The van der Waals surface area contributed by atoms with Gasteiger partial charge in [0.25, 0.3) is 0 Å². The Hall–Kier alpha value is -3.38. The molecule has 7 nitrogen and oxygen atoms in total. The summed E-state index contributed by atoms with van der Waals surface area (Å²) in [7, 11) is 0. The Bertz CT molecular complexity index is 1370. The second kappa shape index (κ2) is 9.82. The van der Waals surface area contributed by atoms with Gasteiger partial charge in [-0.25, -0.2) is 13.6 Å². The van der Waals surface area contributed by atoms with Crippen LogP contribution >= 0.6 is 11.6 Å². The topological polar surface area (TPSA) is 65.8 Å². The first-order valence-electron chi connectivity index (χ1n) is 11.2. The Morgan fingerprint density at radius 2 is 1.86 bits per heavy atom. The number of morpholine rings is 1. The van der Waals surface area contributed by atoms with Crippen LogP contribution in [0.4, 0.5) is 27.8 Å². The average molecular weight is 544 g/mol. The zero-order valence-corrected chi connectivity index (χ0v) is 19.8. The first kappa shape index (κ1) is 25.3. The molecule has 0 unspecified atom stereocenters. The number of ether oxygens (including phenoxy) is 3. The zero-order chi connectivity index (χ0) is 26.3. The van der Waals surface area contributed by atoms with Crippen molar-refractivity contribution in [3.63, 3.8) is 0 Å². The van der Waals surface area contributed by atoms with Gasteiger partial charge in [0.15, 0.2) is 17.4 Å². The Labute approximate surface area is 211 Å². The summed E-state index contributed by atoms with van der Waals surface area (Å²) in [4.78, 5) is 18.5. The number of hydrogen-bond donors (Lipinski definition) is 0. The first-order valence-corrected chi connectivity index (χ1v) is 11.6. The minimum atomic E-state index is -4.68. The molecule has 37 heavy (non-hydrogen) atoms. The van der Waals surface area contributed by atoms with Gasteiger partial charge < -0.3 is 19.1 Å². The molecule has 0 spiro atoms. The summed E-state index contributed by atoms with van der Waals surface area (Å²) < 4.78 is 85.6. The van der Waals surface area contributed by atoms with Crippen LogP contribution in [-0.4, -0.2) is 35.4 Å². The highest BCUT2D eigenvalue weighted by molar-refractivity contribution is 6.31. The van der Waals surface area contributed by atoms with E-state index in [1.165, 1.54) is 0 Å². The lowest BCUT2D eigenvalue weighted by molar-refractivity contribution is -0.137. The molecule has 5 rings (SSSR count). The molecule has 0 amide bonds. The summed E-state index contributed by atoms with van der Waals surface area (Å²) in [6, 6.07) is 6.03. The van der Waals surface area contributed by atoms with Gasteiger partial charge >= 0.3 is 11.9 Å². The highest BCUT2D eigenvalue weighted by Crippen LogP contribution is 2.38. The van der Waals surface area contributed by atoms with Crippen LogP contribution in [0.25, 0.3) is 0 Å². The van der Waals surface area contributed by atoms with E-state index in [-0.39, 0.29) is 29.8 Å². The Morgan fingerprint density at radius 3 is 2.57 bits per heavy atom. The van der Waals surface area contributed by atoms with E-state index in [1.54, 1.807) is 10.6 Å². The van der Waals surface area contributed by atoms with Gasteiger partial charge in [-0.05, 0) is 36.2 Å². The summed E-state index contributed by atoms with van der Waals surface area (Å²) in [5.74, 6) is -2.66. The van der Waals surface area contributed by atoms with Gasteiger partial charge in [-0.1, -0.05) is 11.6 Å². The minimum absolute atomic E-state index is 0.00364. The fourth-order valence-electron chi connectivity index (χ4n) is 4.33. The standard InChI is InChI=1S/C24H19ClF5N3O4/c25-17-9-15(1-2-16(17)24(28,29)30)37-22-18(26)7-13(8-19(22)27)11-36-20-10-21-32-5-6-35-12-14(32)3-4-33(21)23(34)31-20/h1-2,7-10,14H,3-6,11-12H2/t14-/m1/s1. The molecule has 0 bridgehead atoms. The SMILES string of the molecule is O=c1nc(OCc2cc(F)c(Oc3ccc(C(F)(F)F)c(Cl)c3)c(F)c2)cc2n1CC[C@@H]1COCCN21. The van der Waals surface area contributed by atoms with Gasteiger partial charge in [-0.2, -0.15) is 18.2 Å². The second-order valence-corrected chi connectivity index (χ2v) is 8.92. The van der Waals surface area contributed by atoms with E-state index in [0.717, 1.165) is 30.7 Å². The second-order valence-electron chi connectivity index (χ2n) is 8.52. The van der Waals surface area contributed by atoms with Crippen LogP contribution < -0.4 is 20.1 Å². The van der Waals surface area contributed by atoms with Crippen molar-refractivity contribution in [2.45, 2.75) is 31.8 Å². The third-order valence-electron chi connectivity index (χ3n) is 6.08. The molecule has 0 saturated carbocycles. The number of fused-ring (bicyclic) bond motifs is 3. The number of benzene rings is 2.